The van der Waals surface area contributed by atoms with Gasteiger partial charge >= 0.3 is 0 Å². The summed E-state index contributed by atoms with van der Waals surface area (Å²) in [6.45, 7) is 4.19. The van der Waals surface area contributed by atoms with E-state index in [2.05, 4.69) is 26.9 Å². The van der Waals surface area contributed by atoms with Gasteiger partial charge in [-0.2, -0.15) is 0 Å². The monoisotopic (exact) mass is 351 g/mol. The number of halogens is 1. The van der Waals surface area contributed by atoms with E-state index in [-0.39, 0.29) is 12.4 Å². The average Bonchev–Trinajstić information content (AvgIpc) is 2.68. The summed E-state index contributed by atoms with van der Waals surface area (Å²) in [4.78, 5) is 9.13. The summed E-state index contributed by atoms with van der Waals surface area (Å²) < 4.78 is 13.9. The first kappa shape index (κ1) is 16.9. The van der Waals surface area contributed by atoms with Gasteiger partial charge in [0.15, 0.2) is 0 Å². The molecule has 5 heteroatoms. The second kappa shape index (κ2) is 7.40. The van der Waals surface area contributed by atoms with E-state index in [0.29, 0.717) is 5.56 Å². The number of anilines is 1. The van der Waals surface area contributed by atoms with Crippen molar-refractivity contribution in [2.24, 2.45) is 0 Å². The minimum atomic E-state index is -0.338. The molecule has 0 unspecified atom stereocenters. The Balaban J connectivity index is 1.39. The predicted molar refractivity (Wildman–Crippen MR) is 102 cm³/mol. The molecule has 1 N–H and O–H groups in total. The van der Waals surface area contributed by atoms with Crippen molar-refractivity contribution < 1.29 is 9.50 Å². The van der Waals surface area contributed by atoms with Crippen LogP contribution >= 0.6 is 0 Å². The maximum atomic E-state index is 13.9. The molecule has 0 saturated carbocycles. The Morgan fingerprint density at radius 2 is 1.81 bits per heavy atom. The van der Waals surface area contributed by atoms with Crippen molar-refractivity contribution in [3.63, 3.8) is 0 Å². The highest BCUT2D eigenvalue weighted by molar-refractivity contribution is 5.78. The van der Waals surface area contributed by atoms with E-state index < -0.39 is 0 Å². The van der Waals surface area contributed by atoms with Crippen LogP contribution < -0.4 is 4.90 Å². The zero-order chi connectivity index (χ0) is 17.9. The summed E-state index contributed by atoms with van der Waals surface area (Å²) in [5.74, 6) is -0.338. The number of nitrogens with zero attached hydrogens (tertiary/aromatic N) is 3. The Kier molecular flexibility index (Phi) is 4.82. The topological polar surface area (TPSA) is 39.6 Å². The number of hydrogen-bond donors (Lipinski definition) is 1. The minimum absolute atomic E-state index is 0.264. The van der Waals surface area contributed by atoms with E-state index in [1.54, 1.807) is 6.07 Å². The van der Waals surface area contributed by atoms with E-state index in [4.69, 9.17) is 5.11 Å². The van der Waals surface area contributed by atoms with Gasteiger partial charge in [-0.1, -0.05) is 24.3 Å². The van der Waals surface area contributed by atoms with Gasteiger partial charge in [0.2, 0.25) is 0 Å². The van der Waals surface area contributed by atoms with E-state index in [0.717, 1.165) is 43.9 Å². The maximum Gasteiger partial charge on any atom is 0.130 e. The lowest BCUT2D eigenvalue weighted by Crippen LogP contribution is -2.46. The van der Waals surface area contributed by atoms with Crippen molar-refractivity contribution in [3.8, 4) is 0 Å². The van der Waals surface area contributed by atoms with Crippen molar-refractivity contribution >= 4 is 16.6 Å². The quantitative estimate of drug-likeness (QED) is 0.784. The summed E-state index contributed by atoms with van der Waals surface area (Å²) >= 11 is 0. The molecule has 134 valence electrons. The maximum absolute atomic E-state index is 13.9. The van der Waals surface area contributed by atoms with Crippen LogP contribution in [0.3, 0.4) is 0 Å². The second-order valence-corrected chi connectivity index (χ2v) is 6.73. The molecule has 2 aromatic carbocycles. The number of rotatable bonds is 4. The molecule has 0 atom stereocenters. The van der Waals surface area contributed by atoms with Gasteiger partial charge in [-0.25, -0.2) is 4.39 Å². The Labute approximate surface area is 152 Å². The Bertz CT molecular complexity index is 907. The average molecular weight is 351 g/mol. The van der Waals surface area contributed by atoms with E-state index in [1.807, 2.05) is 30.5 Å². The first-order valence-electron chi connectivity index (χ1n) is 8.93. The molecule has 0 bridgehead atoms. The standard InChI is InChI=1S/C21H22FN3O/c22-20-12-19(6-5-18(20)15-26)25-9-7-24(8-10-25)14-16-11-17-3-1-2-4-21(17)23-13-16/h1-6,11-13,26H,7-10,14-15H2. The zero-order valence-electron chi connectivity index (χ0n) is 14.6. The fourth-order valence-electron chi connectivity index (χ4n) is 3.49. The molecule has 1 aromatic heterocycles. The van der Waals surface area contributed by atoms with Gasteiger partial charge in [-0.3, -0.25) is 9.88 Å². The number of benzene rings is 2. The number of aliphatic hydroxyl groups is 1. The molecule has 0 aliphatic carbocycles. The summed E-state index contributed by atoms with van der Waals surface area (Å²) in [6, 6.07) is 15.4. The van der Waals surface area contributed by atoms with Gasteiger partial charge in [-0.15, -0.1) is 0 Å². The van der Waals surface area contributed by atoms with Gasteiger partial charge in [0.05, 0.1) is 12.1 Å². The number of para-hydroxylation sites is 1. The molecular weight excluding hydrogens is 329 g/mol. The Morgan fingerprint density at radius 1 is 1.00 bits per heavy atom. The van der Waals surface area contributed by atoms with E-state index in [9.17, 15) is 4.39 Å². The van der Waals surface area contributed by atoms with Gasteiger partial charge in [-0.05, 0) is 29.8 Å². The van der Waals surface area contributed by atoms with Gasteiger partial charge in [0, 0.05) is 55.6 Å². The molecule has 0 spiro atoms. The predicted octanol–water partition coefficient (Wildman–Crippen LogP) is 3.19. The number of hydrogen-bond acceptors (Lipinski definition) is 4. The third-order valence-corrected chi connectivity index (χ3v) is 5.00. The van der Waals surface area contributed by atoms with Crippen molar-refractivity contribution in [1.29, 1.82) is 0 Å². The number of aliphatic hydroxyl groups excluding tert-OH is 1. The smallest absolute Gasteiger partial charge is 0.130 e. The summed E-state index contributed by atoms with van der Waals surface area (Å²) in [5, 5.41) is 10.3. The highest BCUT2D eigenvalue weighted by Crippen LogP contribution is 2.21. The molecule has 0 amide bonds. The van der Waals surface area contributed by atoms with Crippen LogP contribution in [0, 0.1) is 5.82 Å². The molecule has 1 aliphatic heterocycles. The second-order valence-electron chi connectivity index (χ2n) is 6.73. The van der Waals surface area contributed by atoms with Crippen LogP contribution in [-0.2, 0) is 13.2 Å². The van der Waals surface area contributed by atoms with Crippen molar-refractivity contribution in [2.75, 3.05) is 31.1 Å². The third kappa shape index (κ3) is 3.54. The SMILES string of the molecule is OCc1ccc(N2CCN(Cc3cnc4ccccc4c3)CC2)cc1F. The summed E-state index contributed by atoms with van der Waals surface area (Å²) in [5.41, 5.74) is 3.47. The fraction of sp³-hybridized carbons (Fsp3) is 0.286. The third-order valence-electron chi connectivity index (χ3n) is 5.00. The van der Waals surface area contributed by atoms with Crippen LogP contribution in [0.15, 0.2) is 54.7 Å². The van der Waals surface area contributed by atoms with Crippen molar-refractivity contribution in [1.82, 2.24) is 9.88 Å². The molecule has 2 heterocycles. The highest BCUT2D eigenvalue weighted by atomic mass is 19.1. The Morgan fingerprint density at radius 3 is 2.58 bits per heavy atom. The highest BCUT2D eigenvalue weighted by Gasteiger charge is 2.18. The van der Waals surface area contributed by atoms with Crippen LogP contribution in [0.1, 0.15) is 11.1 Å². The number of pyridine rings is 1. The molecule has 4 nitrogen and oxygen atoms in total. The first-order valence-corrected chi connectivity index (χ1v) is 8.93. The van der Waals surface area contributed by atoms with Crippen LogP contribution in [0.4, 0.5) is 10.1 Å². The van der Waals surface area contributed by atoms with E-state index in [1.165, 1.54) is 17.0 Å². The lowest BCUT2D eigenvalue weighted by Gasteiger charge is -2.36. The molecule has 1 fully saturated rings. The van der Waals surface area contributed by atoms with Gasteiger partial charge in [0.1, 0.15) is 5.82 Å². The Hall–Kier alpha value is -2.50. The molecule has 0 radical (unpaired) electrons. The van der Waals surface area contributed by atoms with Crippen LogP contribution in [0.2, 0.25) is 0 Å². The number of aromatic nitrogens is 1. The fourth-order valence-corrected chi connectivity index (χ4v) is 3.49. The first-order chi connectivity index (χ1) is 12.7. The number of fused-ring (bicyclic) bond motifs is 1. The van der Waals surface area contributed by atoms with Gasteiger partial charge < -0.3 is 10.0 Å². The lowest BCUT2D eigenvalue weighted by molar-refractivity contribution is 0.249. The molecule has 3 aromatic rings. The summed E-state index contributed by atoms with van der Waals surface area (Å²) in [7, 11) is 0. The van der Waals surface area contributed by atoms with Crippen LogP contribution in [-0.4, -0.2) is 41.2 Å². The minimum Gasteiger partial charge on any atom is -0.392 e. The van der Waals surface area contributed by atoms with Crippen molar-refractivity contribution in [3.05, 3.63) is 71.7 Å². The molecule has 1 aliphatic rings. The number of piperazine rings is 1. The zero-order valence-corrected chi connectivity index (χ0v) is 14.6. The van der Waals surface area contributed by atoms with Crippen LogP contribution in [0.5, 0.6) is 0 Å². The lowest BCUT2D eigenvalue weighted by atomic mass is 10.1. The largest absolute Gasteiger partial charge is 0.392 e. The van der Waals surface area contributed by atoms with Gasteiger partial charge in [0.25, 0.3) is 0 Å². The molecular formula is C21H22FN3O. The van der Waals surface area contributed by atoms with E-state index >= 15 is 0 Å². The van der Waals surface area contributed by atoms with Crippen molar-refractivity contribution in [2.45, 2.75) is 13.2 Å². The molecule has 1 saturated heterocycles. The normalized spacial score (nSPS) is 15.5. The molecule has 26 heavy (non-hydrogen) atoms. The van der Waals surface area contributed by atoms with Crippen LogP contribution in [0.25, 0.3) is 10.9 Å². The molecule has 4 rings (SSSR count). The summed E-state index contributed by atoms with van der Waals surface area (Å²) in [6.07, 6.45) is 1.96.